The van der Waals surface area contributed by atoms with Gasteiger partial charge in [-0.05, 0) is 0 Å². The Bertz CT molecular complexity index is 635. The molecule has 0 bridgehead atoms. The number of phenols is 1. The van der Waals surface area contributed by atoms with Crippen molar-refractivity contribution in [1.82, 2.24) is 4.90 Å². The summed E-state index contributed by atoms with van der Waals surface area (Å²) in [4.78, 5) is 2.74. The zero-order chi connectivity index (χ0) is 22.5. The van der Waals surface area contributed by atoms with Crippen LogP contribution in [0.15, 0.2) is 28.4 Å². The Kier molecular flexibility index (Phi) is 12.6. The first-order chi connectivity index (χ1) is 15.1. The number of benzene rings is 1. The second kappa shape index (κ2) is 14.6. The predicted octanol–water partition coefficient (Wildman–Crippen LogP) is 7.91. The van der Waals surface area contributed by atoms with Gasteiger partial charge < -0.3 is 0 Å². The molecule has 0 aromatic heterocycles. The van der Waals surface area contributed by atoms with E-state index in [1.165, 1.54) is 69.0 Å². The molecule has 0 saturated heterocycles. The van der Waals surface area contributed by atoms with Gasteiger partial charge in [-0.1, -0.05) is 0 Å². The van der Waals surface area contributed by atoms with Crippen molar-refractivity contribution in [2.75, 3.05) is 13.1 Å². The fourth-order valence-corrected chi connectivity index (χ4v) is 19.8. The molecule has 1 unspecified atom stereocenters. The van der Waals surface area contributed by atoms with Crippen LogP contribution in [0.4, 0.5) is 0 Å². The van der Waals surface area contributed by atoms with Crippen LogP contribution in [0.5, 0.6) is 5.75 Å². The molecule has 0 radical (unpaired) electrons. The van der Waals surface area contributed by atoms with Gasteiger partial charge in [-0.3, -0.25) is 0 Å². The maximum absolute atomic E-state index is 10.2. The van der Waals surface area contributed by atoms with Gasteiger partial charge in [-0.15, -0.1) is 0 Å². The van der Waals surface area contributed by atoms with Crippen molar-refractivity contribution in [3.63, 3.8) is 0 Å². The quantitative estimate of drug-likeness (QED) is 0.231. The molecule has 0 aliphatic heterocycles. The summed E-state index contributed by atoms with van der Waals surface area (Å²) in [6.07, 6.45) is 15.5. The molecule has 0 fully saturated rings. The number of phenolic OH excluding ortho intramolecular Hbond substituents is 1. The van der Waals surface area contributed by atoms with E-state index in [-0.39, 0.29) is 0 Å². The molecule has 0 saturated carbocycles. The molecule has 1 atom stereocenters. The number of nitrogens with zero attached hydrogens (tertiary/aromatic N) is 1. The van der Waals surface area contributed by atoms with E-state index in [1.54, 1.807) is 13.3 Å². The third-order valence-electron chi connectivity index (χ3n) is 7.35. The van der Waals surface area contributed by atoms with Crippen LogP contribution >= 0.6 is 0 Å². The van der Waals surface area contributed by atoms with Gasteiger partial charge in [0.15, 0.2) is 0 Å². The summed E-state index contributed by atoms with van der Waals surface area (Å²) in [6, 6.07) is 6.70. The number of aromatic hydroxyl groups is 1. The molecule has 1 aromatic rings. The van der Waals surface area contributed by atoms with E-state index in [2.05, 4.69) is 48.8 Å². The molecule has 1 aliphatic carbocycles. The van der Waals surface area contributed by atoms with E-state index in [9.17, 15) is 5.11 Å². The second-order valence-electron chi connectivity index (χ2n) is 9.88. The van der Waals surface area contributed by atoms with E-state index in [4.69, 9.17) is 0 Å². The van der Waals surface area contributed by atoms with Crippen molar-refractivity contribution in [1.29, 1.82) is 0 Å². The molecule has 1 aliphatic rings. The van der Waals surface area contributed by atoms with Crippen LogP contribution < -0.4 is 0 Å². The Labute approximate surface area is 197 Å². The van der Waals surface area contributed by atoms with E-state index < -0.39 is 18.4 Å². The molecule has 1 N–H and O–H groups in total. The molecule has 1 aromatic carbocycles. The summed E-state index contributed by atoms with van der Waals surface area (Å²) in [5.41, 5.74) is 2.56. The summed E-state index contributed by atoms with van der Waals surface area (Å²) in [5, 5.41) is 10.2. The summed E-state index contributed by atoms with van der Waals surface area (Å²) in [6.45, 7) is 11.7. The third-order valence-corrected chi connectivity index (χ3v) is 21.6. The molecular formula is C28H49NOSn. The summed E-state index contributed by atoms with van der Waals surface area (Å²) >= 11 is -2.18. The van der Waals surface area contributed by atoms with E-state index >= 15 is 0 Å². The van der Waals surface area contributed by atoms with Gasteiger partial charge in [-0.2, -0.15) is 0 Å². The monoisotopic (exact) mass is 535 g/mol. The SMILES string of the molecule is CCC[CH2][Sn](/[CH]=C/CN(CCC)C1CCc2c(O)cccc2C1)([CH2]CCC)[CH2]CCC. The average Bonchev–Trinajstić information content (AvgIpc) is 2.79. The zero-order valence-electron chi connectivity index (χ0n) is 21.0. The Morgan fingerprint density at radius 2 is 1.61 bits per heavy atom. The van der Waals surface area contributed by atoms with Gasteiger partial charge >= 0.3 is 198 Å². The normalized spacial score (nSPS) is 16.9. The maximum atomic E-state index is 10.2. The van der Waals surface area contributed by atoms with Gasteiger partial charge in [0.1, 0.15) is 0 Å². The summed E-state index contributed by atoms with van der Waals surface area (Å²) < 4.78 is 7.53. The Morgan fingerprint density at radius 3 is 2.19 bits per heavy atom. The number of rotatable bonds is 15. The third kappa shape index (κ3) is 8.42. The predicted molar refractivity (Wildman–Crippen MR) is 140 cm³/mol. The second-order valence-corrected chi connectivity index (χ2v) is 22.9. The molecule has 2 nitrogen and oxygen atoms in total. The topological polar surface area (TPSA) is 23.5 Å². The molecule has 0 spiro atoms. The number of fused-ring (bicyclic) bond motifs is 1. The van der Waals surface area contributed by atoms with Gasteiger partial charge in [0.2, 0.25) is 0 Å². The standard InChI is InChI=1S/C16H22NO.3C4H9.Sn/c1-3-10-17(11-4-2)14-8-9-15-13(12-14)6-5-7-16(15)18;3*1-3-4-2;/h1,3,5-7,14,18H,4,8-12H2,2H3;3*1,3-4H2,2H3;. The van der Waals surface area contributed by atoms with Crippen LogP contribution in [0.3, 0.4) is 0 Å². The zero-order valence-corrected chi connectivity index (χ0v) is 23.8. The fourth-order valence-electron chi connectivity index (χ4n) is 5.44. The molecular weight excluding hydrogens is 485 g/mol. The van der Waals surface area contributed by atoms with Crippen molar-refractivity contribution < 1.29 is 5.11 Å². The first-order valence-corrected chi connectivity index (χ1v) is 21.0. The Balaban J connectivity index is 2.10. The van der Waals surface area contributed by atoms with Gasteiger partial charge in [-0.25, -0.2) is 0 Å². The molecule has 0 amide bonds. The Morgan fingerprint density at radius 1 is 0.968 bits per heavy atom. The molecule has 0 heterocycles. The van der Waals surface area contributed by atoms with E-state index in [0.717, 1.165) is 19.4 Å². The van der Waals surface area contributed by atoms with Crippen molar-refractivity contribution in [2.45, 2.75) is 111 Å². The van der Waals surface area contributed by atoms with E-state index in [0.29, 0.717) is 11.8 Å². The number of hydrogen-bond acceptors (Lipinski definition) is 2. The molecule has 176 valence electrons. The van der Waals surface area contributed by atoms with Crippen LogP contribution in [-0.4, -0.2) is 47.5 Å². The summed E-state index contributed by atoms with van der Waals surface area (Å²) in [5.74, 6) is 0.500. The average molecular weight is 534 g/mol. The van der Waals surface area contributed by atoms with Crippen molar-refractivity contribution in [2.24, 2.45) is 0 Å². The minimum atomic E-state index is -2.18. The van der Waals surface area contributed by atoms with Crippen LogP contribution in [0.2, 0.25) is 13.3 Å². The van der Waals surface area contributed by atoms with Crippen LogP contribution in [0.25, 0.3) is 0 Å². The van der Waals surface area contributed by atoms with E-state index in [1.807, 2.05) is 12.1 Å². The van der Waals surface area contributed by atoms with Crippen LogP contribution in [0, 0.1) is 0 Å². The first kappa shape index (κ1) is 26.8. The molecule has 31 heavy (non-hydrogen) atoms. The van der Waals surface area contributed by atoms with Gasteiger partial charge in [0, 0.05) is 0 Å². The molecule has 2 rings (SSSR count). The molecule has 3 heteroatoms. The number of unbranched alkanes of at least 4 members (excludes halogenated alkanes) is 3. The fraction of sp³-hybridized carbons (Fsp3) is 0.714. The van der Waals surface area contributed by atoms with Crippen molar-refractivity contribution in [3.8, 4) is 5.75 Å². The van der Waals surface area contributed by atoms with Gasteiger partial charge in [0.25, 0.3) is 0 Å². The minimum absolute atomic E-state index is 0.500. The first-order valence-electron chi connectivity index (χ1n) is 13.3. The Hall–Kier alpha value is -0.481. The van der Waals surface area contributed by atoms with Crippen LogP contribution in [-0.2, 0) is 12.8 Å². The summed E-state index contributed by atoms with van der Waals surface area (Å²) in [7, 11) is 0. The van der Waals surface area contributed by atoms with Gasteiger partial charge in [0.05, 0.1) is 0 Å². The van der Waals surface area contributed by atoms with Crippen LogP contribution in [0.1, 0.15) is 90.2 Å². The number of hydrogen-bond donors (Lipinski definition) is 1. The van der Waals surface area contributed by atoms with Crippen molar-refractivity contribution >= 4 is 18.4 Å². The van der Waals surface area contributed by atoms with Crippen molar-refractivity contribution in [3.05, 3.63) is 39.5 Å².